The Morgan fingerprint density at radius 1 is 1.29 bits per heavy atom. The van der Waals surface area contributed by atoms with E-state index in [-0.39, 0.29) is 0 Å². The Bertz CT molecular complexity index is 784. The molecule has 0 aliphatic rings. The number of halogens is 1. The molecule has 0 bridgehead atoms. The van der Waals surface area contributed by atoms with Gasteiger partial charge in [0.05, 0.1) is 23.9 Å². The van der Waals surface area contributed by atoms with E-state index in [1.165, 1.54) is 0 Å². The van der Waals surface area contributed by atoms with Gasteiger partial charge in [0.15, 0.2) is 0 Å². The second-order valence-electron chi connectivity index (χ2n) is 4.68. The Kier molecular flexibility index (Phi) is 3.79. The van der Waals surface area contributed by atoms with E-state index in [9.17, 15) is 0 Å². The van der Waals surface area contributed by atoms with Crippen LogP contribution in [0.1, 0.15) is 18.6 Å². The van der Waals surface area contributed by atoms with Gasteiger partial charge in [-0.15, -0.1) is 0 Å². The number of benzene rings is 1. The molecule has 0 saturated heterocycles. The highest BCUT2D eigenvalue weighted by Crippen LogP contribution is 2.29. The van der Waals surface area contributed by atoms with Crippen molar-refractivity contribution in [3.63, 3.8) is 0 Å². The van der Waals surface area contributed by atoms with Crippen LogP contribution in [0.15, 0.2) is 39.5 Å². The molecule has 2 heterocycles. The number of pyridine rings is 1. The quantitative estimate of drug-likeness (QED) is 0.703. The minimum absolute atomic E-state index is 0.511. The van der Waals surface area contributed by atoms with Crippen LogP contribution in [-0.2, 0) is 13.0 Å². The van der Waals surface area contributed by atoms with E-state index in [4.69, 9.17) is 10.2 Å². The maximum Gasteiger partial charge on any atom is 0.213 e. The summed E-state index contributed by atoms with van der Waals surface area (Å²) in [7, 11) is 0. The molecule has 0 saturated carbocycles. The highest BCUT2D eigenvalue weighted by Gasteiger charge is 2.08. The zero-order valence-electron chi connectivity index (χ0n) is 11.6. The fourth-order valence-corrected chi connectivity index (χ4v) is 2.45. The van der Waals surface area contributed by atoms with Crippen molar-refractivity contribution in [3.8, 4) is 0 Å². The van der Waals surface area contributed by atoms with Crippen molar-refractivity contribution in [3.05, 3.63) is 46.7 Å². The molecule has 2 aromatic heterocycles. The summed E-state index contributed by atoms with van der Waals surface area (Å²) in [6.45, 7) is 2.55. The minimum atomic E-state index is 0.511. The number of nitrogens with one attached hydrogen (secondary N) is 1. The lowest BCUT2D eigenvalue weighted by atomic mass is 10.1. The molecule has 0 atom stereocenters. The Balaban J connectivity index is 1.88. The van der Waals surface area contributed by atoms with Gasteiger partial charge in [0.2, 0.25) is 5.89 Å². The van der Waals surface area contributed by atoms with Crippen molar-refractivity contribution in [1.82, 2.24) is 9.97 Å². The smallest absolute Gasteiger partial charge is 0.213 e. The molecular weight excluding hydrogens is 332 g/mol. The lowest BCUT2D eigenvalue weighted by molar-refractivity contribution is 0.466. The third-order valence-corrected chi connectivity index (χ3v) is 3.66. The monoisotopic (exact) mass is 346 g/mol. The van der Waals surface area contributed by atoms with E-state index in [0.29, 0.717) is 18.1 Å². The topological polar surface area (TPSA) is 77.0 Å². The number of oxazole rings is 1. The standard InChI is InChI=1S/C15H15BrN4O/c1-2-10-7-19-14(21-10)8-18-13-4-3-12(17)11-5-9(16)6-20-15(11)13/h3-7,18H,2,8,17H2,1H3. The van der Waals surface area contributed by atoms with Gasteiger partial charge in [0, 0.05) is 28.2 Å². The Morgan fingerprint density at radius 3 is 2.90 bits per heavy atom. The molecule has 21 heavy (non-hydrogen) atoms. The van der Waals surface area contributed by atoms with Crippen molar-refractivity contribution < 1.29 is 4.42 Å². The first-order chi connectivity index (χ1) is 10.2. The van der Waals surface area contributed by atoms with Gasteiger partial charge in [-0.05, 0) is 34.1 Å². The van der Waals surface area contributed by atoms with E-state index >= 15 is 0 Å². The molecule has 3 rings (SSSR count). The van der Waals surface area contributed by atoms with E-state index in [1.54, 1.807) is 12.4 Å². The fourth-order valence-electron chi connectivity index (χ4n) is 2.12. The third-order valence-electron chi connectivity index (χ3n) is 3.23. The molecular formula is C15H15BrN4O. The molecule has 0 unspecified atom stereocenters. The maximum atomic E-state index is 6.00. The third kappa shape index (κ3) is 2.85. The molecule has 0 spiro atoms. The predicted molar refractivity (Wildman–Crippen MR) is 87.1 cm³/mol. The van der Waals surface area contributed by atoms with Crippen LogP contribution >= 0.6 is 15.9 Å². The minimum Gasteiger partial charge on any atom is -0.444 e. The second-order valence-corrected chi connectivity index (χ2v) is 5.60. The fraction of sp³-hybridized carbons (Fsp3) is 0.200. The van der Waals surface area contributed by atoms with Crippen LogP contribution in [0.4, 0.5) is 11.4 Å². The van der Waals surface area contributed by atoms with E-state index in [1.807, 2.05) is 25.1 Å². The molecule has 0 amide bonds. The number of nitrogen functional groups attached to an aromatic ring is 1. The molecule has 3 N–H and O–H groups in total. The molecule has 3 aromatic rings. The SMILES string of the molecule is CCc1cnc(CNc2ccc(N)c3cc(Br)cnc23)o1. The maximum absolute atomic E-state index is 6.00. The van der Waals surface area contributed by atoms with Crippen molar-refractivity contribution in [2.24, 2.45) is 0 Å². The number of rotatable bonds is 4. The highest BCUT2D eigenvalue weighted by atomic mass is 79.9. The van der Waals surface area contributed by atoms with Gasteiger partial charge in [-0.2, -0.15) is 0 Å². The number of aryl methyl sites for hydroxylation is 1. The number of nitrogens with two attached hydrogens (primary N) is 1. The summed E-state index contributed by atoms with van der Waals surface area (Å²) in [6, 6.07) is 5.75. The first-order valence-electron chi connectivity index (χ1n) is 6.68. The Morgan fingerprint density at radius 2 is 2.14 bits per heavy atom. The van der Waals surface area contributed by atoms with Gasteiger partial charge < -0.3 is 15.5 Å². The largest absolute Gasteiger partial charge is 0.444 e. The molecule has 0 aliphatic carbocycles. The lowest BCUT2D eigenvalue weighted by Gasteiger charge is -2.09. The number of nitrogens with zero attached hydrogens (tertiary/aromatic N) is 2. The van der Waals surface area contributed by atoms with Crippen molar-refractivity contribution in [2.45, 2.75) is 19.9 Å². The number of fused-ring (bicyclic) bond motifs is 1. The van der Waals surface area contributed by atoms with Crippen LogP contribution in [0, 0.1) is 0 Å². The number of aromatic nitrogens is 2. The summed E-state index contributed by atoms with van der Waals surface area (Å²) >= 11 is 3.41. The summed E-state index contributed by atoms with van der Waals surface area (Å²) in [5.74, 6) is 1.55. The summed E-state index contributed by atoms with van der Waals surface area (Å²) < 4.78 is 6.49. The predicted octanol–water partition coefficient (Wildman–Crippen LogP) is 3.74. The zero-order valence-corrected chi connectivity index (χ0v) is 13.1. The lowest BCUT2D eigenvalue weighted by Crippen LogP contribution is -2.02. The molecule has 0 radical (unpaired) electrons. The number of hydrogen-bond acceptors (Lipinski definition) is 5. The average Bonchev–Trinajstić information content (AvgIpc) is 2.95. The van der Waals surface area contributed by atoms with Gasteiger partial charge >= 0.3 is 0 Å². The van der Waals surface area contributed by atoms with E-state index < -0.39 is 0 Å². The van der Waals surface area contributed by atoms with Crippen LogP contribution in [0.3, 0.4) is 0 Å². The van der Waals surface area contributed by atoms with Gasteiger partial charge in [-0.1, -0.05) is 6.92 Å². The first kappa shape index (κ1) is 13.9. The van der Waals surface area contributed by atoms with E-state index in [0.717, 1.165) is 33.2 Å². The molecule has 0 aliphatic heterocycles. The Hall–Kier alpha value is -2.08. The van der Waals surface area contributed by atoms with Crippen molar-refractivity contribution in [2.75, 3.05) is 11.1 Å². The number of hydrogen-bond donors (Lipinski definition) is 2. The second kappa shape index (κ2) is 5.73. The van der Waals surface area contributed by atoms with E-state index in [2.05, 4.69) is 31.2 Å². The summed E-state index contributed by atoms with van der Waals surface area (Å²) in [6.07, 6.45) is 4.36. The molecule has 1 aromatic carbocycles. The first-order valence-corrected chi connectivity index (χ1v) is 7.48. The molecule has 6 heteroatoms. The molecule has 108 valence electrons. The molecule has 5 nitrogen and oxygen atoms in total. The average molecular weight is 347 g/mol. The van der Waals surface area contributed by atoms with Crippen molar-refractivity contribution >= 4 is 38.2 Å². The van der Waals surface area contributed by atoms with Crippen LogP contribution in [0.25, 0.3) is 10.9 Å². The van der Waals surface area contributed by atoms with Crippen LogP contribution in [0.5, 0.6) is 0 Å². The van der Waals surface area contributed by atoms with Crippen LogP contribution in [0.2, 0.25) is 0 Å². The van der Waals surface area contributed by atoms with Crippen LogP contribution in [-0.4, -0.2) is 9.97 Å². The summed E-state index contributed by atoms with van der Waals surface area (Å²) in [5.41, 5.74) is 8.44. The van der Waals surface area contributed by atoms with Crippen LogP contribution < -0.4 is 11.1 Å². The van der Waals surface area contributed by atoms with Gasteiger partial charge in [0.1, 0.15) is 5.76 Å². The Labute approximate surface area is 130 Å². The normalized spacial score (nSPS) is 11.0. The summed E-state index contributed by atoms with van der Waals surface area (Å²) in [5, 5.41) is 4.21. The number of anilines is 2. The van der Waals surface area contributed by atoms with Crippen molar-refractivity contribution in [1.29, 1.82) is 0 Å². The summed E-state index contributed by atoms with van der Waals surface area (Å²) in [4.78, 5) is 8.67. The van der Waals surface area contributed by atoms with Gasteiger partial charge in [0.25, 0.3) is 0 Å². The highest BCUT2D eigenvalue weighted by molar-refractivity contribution is 9.10. The van der Waals surface area contributed by atoms with Gasteiger partial charge in [-0.25, -0.2) is 4.98 Å². The zero-order chi connectivity index (χ0) is 14.8. The van der Waals surface area contributed by atoms with Gasteiger partial charge in [-0.3, -0.25) is 4.98 Å². The molecule has 0 fully saturated rings.